The minimum Gasteiger partial charge on any atom is -0.341 e. The third-order valence-corrected chi connectivity index (χ3v) is 4.04. The average molecular weight is 284 g/mol. The normalized spacial score (nSPS) is 16.7. The molecule has 0 aliphatic carbocycles. The van der Waals surface area contributed by atoms with Crippen molar-refractivity contribution in [2.24, 2.45) is 7.05 Å². The molecule has 0 unspecified atom stereocenters. The van der Waals surface area contributed by atoms with Crippen LogP contribution in [0.1, 0.15) is 24.6 Å². The summed E-state index contributed by atoms with van der Waals surface area (Å²) < 4.78 is 1.92. The summed E-state index contributed by atoms with van der Waals surface area (Å²) in [6.45, 7) is 1.85. The second-order valence-corrected chi connectivity index (χ2v) is 5.37. The van der Waals surface area contributed by atoms with Crippen LogP contribution in [0.2, 0.25) is 0 Å². The lowest BCUT2D eigenvalue weighted by molar-refractivity contribution is 0.482. The van der Waals surface area contributed by atoms with Crippen LogP contribution in [0.5, 0.6) is 0 Å². The third kappa shape index (κ3) is 2.12. The Bertz CT molecular complexity index is 739. The van der Waals surface area contributed by atoms with E-state index in [-0.39, 0.29) is 0 Å². The Morgan fingerprint density at radius 3 is 2.81 bits per heavy atom. The summed E-state index contributed by atoms with van der Waals surface area (Å²) in [6, 6.07) is 0. The molecule has 4 heterocycles. The van der Waals surface area contributed by atoms with Crippen molar-refractivity contribution in [2.45, 2.75) is 18.8 Å². The number of anilines is 1. The van der Waals surface area contributed by atoms with Crippen molar-refractivity contribution in [3.05, 3.63) is 24.7 Å². The highest BCUT2D eigenvalue weighted by Gasteiger charge is 2.24. The number of H-pyrrole nitrogens is 1. The molecule has 8 nitrogen and oxygen atoms in total. The van der Waals surface area contributed by atoms with E-state index >= 15 is 0 Å². The standard InChI is InChI=1S/C13H16N8/c1-20-8-16-10-6-14-13(18-12(10)20)21-4-2-9(3-5-21)11-15-7-17-19-11/h6-9H,2-5H2,1H3,(H,15,17,19). The lowest BCUT2D eigenvalue weighted by Gasteiger charge is -2.30. The number of nitrogens with one attached hydrogen (secondary N) is 1. The number of fused-ring (bicyclic) bond motifs is 1. The van der Waals surface area contributed by atoms with Crippen LogP contribution >= 0.6 is 0 Å². The fourth-order valence-corrected chi connectivity index (χ4v) is 2.83. The van der Waals surface area contributed by atoms with Crippen molar-refractivity contribution >= 4 is 17.1 Å². The minimum atomic E-state index is 0.448. The van der Waals surface area contributed by atoms with Gasteiger partial charge in [-0.25, -0.2) is 15.0 Å². The van der Waals surface area contributed by atoms with Gasteiger partial charge in [-0.3, -0.25) is 5.10 Å². The first-order valence-corrected chi connectivity index (χ1v) is 7.05. The highest BCUT2D eigenvalue weighted by molar-refractivity contribution is 5.70. The maximum atomic E-state index is 4.63. The molecule has 21 heavy (non-hydrogen) atoms. The summed E-state index contributed by atoms with van der Waals surface area (Å²) in [5.41, 5.74) is 1.70. The summed E-state index contributed by atoms with van der Waals surface area (Å²) in [5.74, 6) is 2.21. The van der Waals surface area contributed by atoms with E-state index in [1.165, 1.54) is 0 Å². The first-order valence-electron chi connectivity index (χ1n) is 7.05. The van der Waals surface area contributed by atoms with E-state index in [0.29, 0.717) is 5.92 Å². The number of aromatic amines is 1. The van der Waals surface area contributed by atoms with Crippen LogP contribution in [0.15, 0.2) is 18.9 Å². The van der Waals surface area contributed by atoms with Crippen LogP contribution in [-0.2, 0) is 7.05 Å². The van der Waals surface area contributed by atoms with Crippen molar-refractivity contribution in [3.8, 4) is 0 Å². The first kappa shape index (κ1) is 12.2. The van der Waals surface area contributed by atoms with Gasteiger partial charge in [0.1, 0.15) is 17.7 Å². The number of rotatable bonds is 2. The van der Waals surface area contributed by atoms with Gasteiger partial charge in [0, 0.05) is 26.1 Å². The van der Waals surface area contributed by atoms with E-state index in [1.54, 1.807) is 18.9 Å². The number of imidazole rings is 1. The largest absolute Gasteiger partial charge is 0.341 e. The maximum absolute atomic E-state index is 4.63. The molecule has 4 rings (SSSR count). The molecule has 1 aliphatic heterocycles. The molecule has 0 bridgehead atoms. The summed E-state index contributed by atoms with van der Waals surface area (Å²) in [6.07, 6.45) is 7.19. The fourth-order valence-electron chi connectivity index (χ4n) is 2.83. The van der Waals surface area contributed by atoms with E-state index in [0.717, 1.165) is 48.9 Å². The number of aromatic nitrogens is 7. The predicted molar refractivity (Wildman–Crippen MR) is 76.9 cm³/mol. The zero-order valence-electron chi connectivity index (χ0n) is 11.8. The molecule has 0 spiro atoms. The van der Waals surface area contributed by atoms with Crippen LogP contribution < -0.4 is 4.90 Å². The van der Waals surface area contributed by atoms with Crippen LogP contribution in [0.3, 0.4) is 0 Å². The van der Waals surface area contributed by atoms with E-state index in [2.05, 4.69) is 35.0 Å². The molecule has 0 saturated carbocycles. The maximum Gasteiger partial charge on any atom is 0.227 e. The van der Waals surface area contributed by atoms with Gasteiger partial charge in [-0.2, -0.15) is 10.1 Å². The zero-order valence-corrected chi connectivity index (χ0v) is 11.8. The van der Waals surface area contributed by atoms with Crippen molar-refractivity contribution in [2.75, 3.05) is 18.0 Å². The first-order chi connectivity index (χ1) is 10.3. The molecule has 1 N–H and O–H groups in total. The Morgan fingerprint density at radius 1 is 1.19 bits per heavy atom. The van der Waals surface area contributed by atoms with E-state index in [4.69, 9.17) is 0 Å². The van der Waals surface area contributed by atoms with Gasteiger partial charge in [-0.05, 0) is 12.8 Å². The third-order valence-electron chi connectivity index (χ3n) is 4.04. The lowest BCUT2D eigenvalue weighted by Crippen LogP contribution is -2.34. The van der Waals surface area contributed by atoms with Gasteiger partial charge in [-0.1, -0.05) is 0 Å². The monoisotopic (exact) mass is 284 g/mol. The number of piperidine rings is 1. The number of hydrogen-bond acceptors (Lipinski definition) is 6. The molecule has 8 heteroatoms. The molecular formula is C13H16N8. The summed E-state index contributed by atoms with van der Waals surface area (Å²) >= 11 is 0. The average Bonchev–Trinajstić information content (AvgIpc) is 3.18. The summed E-state index contributed by atoms with van der Waals surface area (Å²) in [5, 5.41) is 6.90. The Labute approximate surface area is 121 Å². The van der Waals surface area contributed by atoms with Gasteiger partial charge in [-0.15, -0.1) is 0 Å². The molecule has 3 aromatic rings. The van der Waals surface area contributed by atoms with Crippen molar-refractivity contribution in [1.29, 1.82) is 0 Å². The second kappa shape index (κ2) is 4.80. The SMILES string of the molecule is Cn1cnc2cnc(N3CCC(c4ncn[nH]4)CC3)nc21. The second-order valence-electron chi connectivity index (χ2n) is 5.37. The Morgan fingerprint density at radius 2 is 2.05 bits per heavy atom. The molecule has 0 amide bonds. The van der Waals surface area contributed by atoms with Crippen LogP contribution in [0, 0.1) is 0 Å². The van der Waals surface area contributed by atoms with Crippen LogP contribution in [0.4, 0.5) is 5.95 Å². The number of hydrogen-bond donors (Lipinski definition) is 1. The van der Waals surface area contributed by atoms with Gasteiger partial charge < -0.3 is 9.47 Å². The zero-order chi connectivity index (χ0) is 14.2. The van der Waals surface area contributed by atoms with E-state index < -0.39 is 0 Å². The summed E-state index contributed by atoms with van der Waals surface area (Å²) in [4.78, 5) is 19.8. The van der Waals surface area contributed by atoms with Crippen molar-refractivity contribution < 1.29 is 0 Å². The molecule has 0 radical (unpaired) electrons. The Balaban J connectivity index is 1.53. The molecule has 1 saturated heterocycles. The van der Waals surface area contributed by atoms with Crippen LogP contribution in [-0.4, -0.2) is 47.8 Å². The van der Waals surface area contributed by atoms with E-state index in [9.17, 15) is 0 Å². The molecule has 0 atom stereocenters. The predicted octanol–water partition coefficient (Wildman–Crippen LogP) is 0.865. The van der Waals surface area contributed by atoms with Gasteiger partial charge in [0.05, 0.1) is 12.5 Å². The molecule has 1 aliphatic rings. The van der Waals surface area contributed by atoms with Crippen molar-refractivity contribution in [1.82, 2.24) is 34.7 Å². The van der Waals surface area contributed by atoms with E-state index in [1.807, 2.05) is 11.6 Å². The molecule has 1 fully saturated rings. The lowest BCUT2D eigenvalue weighted by atomic mass is 9.96. The number of aryl methyl sites for hydroxylation is 1. The quantitative estimate of drug-likeness (QED) is 0.751. The van der Waals surface area contributed by atoms with Gasteiger partial charge in [0.15, 0.2) is 5.65 Å². The Kier molecular flexibility index (Phi) is 2.80. The topological polar surface area (TPSA) is 88.4 Å². The molecular weight excluding hydrogens is 268 g/mol. The number of nitrogens with zero attached hydrogens (tertiary/aromatic N) is 7. The van der Waals surface area contributed by atoms with Crippen molar-refractivity contribution in [3.63, 3.8) is 0 Å². The van der Waals surface area contributed by atoms with Gasteiger partial charge in [0.25, 0.3) is 0 Å². The van der Waals surface area contributed by atoms with Gasteiger partial charge in [0.2, 0.25) is 5.95 Å². The van der Waals surface area contributed by atoms with Gasteiger partial charge >= 0.3 is 0 Å². The molecule has 108 valence electrons. The van der Waals surface area contributed by atoms with Crippen LogP contribution in [0.25, 0.3) is 11.2 Å². The minimum absolute atomic E-state index is 0.448. The highest BCUT2D eigenvalue weighted by atomic mass is 15.3. The fraction of sp³-hybridized carbons (Fsp3) is 0.462. The molecule has 0 aromatic carbocycles. The smallest absolute Gasteiger partial charge is 0.227 e. The molecule has 3 aromatic heterocycles. The highest BCUT2D eigenvalue weighted by Crippen LogP contribution is 2.27. The summed E-state index contributed by atoms with van der Waals surface area (Å²) in [7, 11) is 1.95. The Hall–Kier alpha value is -2.51.